The molecule has 68 valence electrons. The highest BCUT2D eigenvalue weighted by Crippen LogP contribution is 2.28. The lowest BCUT2D eigenvalue weighted by atomic mass is 9.87. The number of carbonyl (C=O) groups excluding carboxylic acids is 1. The normalized spacial score (nSPS) is 21.3. The number of Topliss-reactive ketones (excluding diaryl/α,β-unsaturated/α-hetero) is 1. The average molecular weight is 176 g/mol. The van der Waals surface area contributed by atoms with Gasteiger partial charge in [-0.3, -0.25) is 4.79 Å². The van der Waals surface area contributed by atoms with Gasteiger partial charge in [0.1, 0.15) is 0 Å². The molecule has 1 aromatic carbocycles. The molecule has 4 N–H and O–H groups in total. The molecule has 2 rings (SSSR count). The van der Waals surface area contributed by atoms with Crippen molar-refractivity contribution in [3.63, 3.8) is 0 Å². The first-order valence-corrected chi connectivity index (χ1v) is 4.36. The molecule has 0 bridgehead atoms. The Morgan fingerprint density at radius 1 is 1.38 bits per heavy atom. The molecule has 0 radical (unpaired) electrons. The van der Waals surface area contributed by atoms with Gasteiger partial charge in [0.15, 0.2) is 5.78 Å². The summed E-state index contributed by atoms with van der Waals surface area (Å²) in [7, 11) is 0. The molecule has 0 saturated heterocycles. The molecule has 0 amide bonds. The smallest absolute Gasteiger partial charge is 0.163 e. The maximum absolute atomic E-state index is 11.5. The average Bonchev–Trinajstić information content (AvgIpc) is 2.12. The molecule has 1 aliphatic rings. The van der Waals surface area contributed by atoms with E-state index in [9.17, 15) is 4.79 Å². The maximum atomic E-state index is 11.5. The quantitative estimate of drug-likeness (QED) is 0.584. The number of fused-ring (bicyclic) bond motifs is 1. The Labute approximate surface area is 76.7 Å². The molecule has 1 unspecified atom stereocenters. The highest BCUT2D eigenvalue weighted by atomic mass is 16.1. The summed E-state index contributed by atoms with van der Waals surface area (Å²) < 4.78 is 0. The first-order valence-electron chi connectivity index (χ1n) is 4.36. The Morgan fingerprint density at radius 2 is 2.15 bits per heavy atom. The molecule has 0 saturated carbocycles. The predicted octanol–water partition coefficient (Wildman–Crippen LogP) is 1.25. The topological polar surface area (TPSA) is 69.1 Å². The van der Waals surface area contributed by atoms with Crippen molar-refractivity contribution < 1.29 is 4.79 Å². The van der Waals surface area contributed by atoms with Gasteiger partial charge in [0, 0.05) is 23.7 Å². The van der Waals surface area contributed by atoms with Crippen LogP contribution in [-0.2, 0) is 0 Å². The second-order valence-electron chi connectivity index (χ2n) is 3.42. The van der Waals surface area contributed by atoms with Crippen LogP contribution in [0.1, 0.15) is 34.8 Å². The van der Waals surface area contributed by atoms with Gasteiger partial charge < -0.3 is 11.5 Å². The lowest BCUT2D eigenvalue weighted by Crippen LogP contribution is -2.21. The van der Waals surface area contributed by atoms with Gasteiger partial charge in [-0.15, -0.1) is 0 Å². The van der Waals surface area contributed by atoms with Crippen LogP contribution >= 0.6 is 0 Å². The molecule has 0 heterocycles. The summed E-state index contributed by atoms with van der Waals surface area (Å²) in [6.07, 6.45) is 1.29. The Kier molecular flexibility index (Phi) is 1.81. The van der Waals surface area contributed by atoms with Crippen LogP contribution in [0.25, 0.3) is 0 Å². The van der Waals surface area contributed by atoms with E-state index in [1.807, 2.05) is 6.07 Å². The molecule has 0 aromatic heterocycles. The molecule has 1 atom stereocenters. The van der Waals surface area contributed by atoms with Gasteiger partial charge in [-0.25, -0.2) is 0 Å². The Bertz CT molecular complexity index is 360. The van der Waals surface area contributed by atoms with E-state index in [4.69, 9.17) is 11.5 Å². The molecule has 0 fully saturated rings. The number of benzene rings is 1. The van der Waals surface area contributed by atoms with Gasteiger partial charge in [0.05, 0.1) is 0 Å². The Morgan fingerprint density at radius 3 is 2.92 bits per heavy atom. The zero-order valence-electron chi connectivity index (χ0n) is 7.29. The van der Waals surface area contributed by atoms with Crippen molar-refractivity contribution in [1.29, 1.82) is 0 Å². The van der Waals surface area contributed by atoms with E-state index in [0.717, 1.165) is 12.0 Å². The fraction of sp³-hybridized carbons (Fsp3) is 0.300. The number of hydrogen-bond donors (Lipinski definition) is 2. The van der Waals surface area contributed by atoms with Crippen molar-refractivity contribution in [2.75, 3.05) is 5.73 Å². The highest BCUT2D eigenvalue weighted by Gasteiger charge is 2.22. The Balaban J connectivity index is 2.57. The number of nitrogens with two attached hydrogens (primary N) is 2. The van der Waals surface area contributed by atoms with E-state index in [0.29, 0.717) is 17.7 Å². The van der Waals surface area contributed by atoms with E-state index < -0.39 is 0 Å². The van der Waals surface area contributed by atoms with Crippen LogP contribution in [0.2, 0.25) is 0 Å². The second-order valence-corrected chi connectivity index (χ2v) is 3.42. The molecule has 0 aliphatic heterocycles. The minimum atomic E-state index is -0.00620. The summed E-state index contributed by atoms with van der Waals surface area (Å²) in [6, 6.07) is 5.36. The zero-order chi connectivity index (χ0) is 9.42. The Hall–Kier alpha value is -1.35. The third-order valence-electron chi connectivity index (χ3n) is 2.46. The maximum Gasteiger partial charge on any atom is 0.163 e. The lowest BCUT2D eigenvalue weighted by molar-refractivity contribution is 0.0967. The van der Waals surface area contributed by atoms with E-state index in [1.165, 1.54) is 0 Å². The van der Waals surface area contributed by atoms with Crippen LogP contribution < -0.4 is 11.5 Å². The molecule has 1 aromatic rings. The number of hydrogen-bond acceptors (Lipinski definition) is 3. The first-order chi connectivity index (χ1) is 6.18. The molecule has 0 spiro atoms. The summed E-state index contributed by atoms with van der Waals surface area (Å²) in [5, 5.41) is 0. The van der Waals surface area contributed by atoms with Crippen molar-refractivity contribution in [3.8, 4) is 0 Å². The van der Waals surface area contributed by atoms with E-state index >= 15 is 0 Å². The van der Waals surface area contributed by atoms with Gasteiger partial charge in [-0.1, -0.05) is 6.07 Å². The highest BCUT2D eigenvalue weighted by molar-refractivity contribution is 5.99. The summed E-state index contributed by atoms with van der Waals surface area (Å²) in [6.45, 7) is 0. The molecule has 13 heavy (non-hydrogen) atoms. The first kappa shape index (κ1) is 8.26. The molecular formula is C10H12N2O. The monoisotopic (exact) mass is 176 g/mol. The minimum absolute atomic E-state index is 0.00620. The number of rotatable bonds is 0. The van der Waals surface area contributed by atoms with E-state index in [-0.39, 0.29) is 11.8 Å². The van der Waals surface area contributed by atoms with Crippen molar-refractivity contribution in [2.24, 2.45) is 5.73 Å². The SMILES string of the molecule is Nc1ccc2c(c1)C(=O)CCC2N. The van der Waals surface area contributed by atoms with Crippen LogP contribution in [0, 0.1) is 0 Å². The van der Waals surface area contributed by atoms with Gasteiger partial charge in [0.25, 0.3) is 0 Å². The van der Waals surface area contributed by atoms with Gasteiger partial charge >= 0.3 is 0 Å². The van der Waals surface area contributed by atoms with Crippen molar-refractivity contribution >= 4 is 11.5 Å². The molecule has 1 aliphatic carbocycles. The molecular weight excluding hydrogens is 164 g/mol. The number of ketones is 1. The van der Waals surface area contributed by atoms with Gasteiger partial charge in [-0.05, 0) is 24.1 Å². The summed E-state index contributed by atoms with van der Waals surface area (Å²) in [4.78, 5) is 11.5. The standard InChI is InChI=1S/C10H12N2O/c11-6-1-2-7-8(5-6)10(13)4-3-9(7)12/h1-2,5,9H,3-4,11-12H2. The fourth-order valence-electron chi connectivity index (χ4n) is 1.72. The second kappa shape index (κ2) is 2.85. The van der Waals surface area contributed by atoms with Crippen LogP contribution in [0.3, 0.4) is 0 Å². The fourth-order valence-corrected chi connectivity index (χ4v) is 1.72. The summed E-state index contributed by atoms with van der Waals surface area (Å²) in [5.74, 6) is 0.156. The minimum Gasteiger partial charge on any atom is -0.399 e. The van der Waals surface area contributed by atoms with E-state index in [2.05, 4.69) is 0 Å². The van der Waals surface area contributed by atoms with Crippen LogP contribution in [-0.4, -0.2) is 5.78 Å². The van der Waals surface area contributed by atoms with E-state index in [1.54, 1.807) is 12.1 Å². The number of carbonyl (C=O) groups is 1. The molecule has 3 heteroatoms. The van der Waals surface area contributed by atoms with Crippen molar-refractivity contribution in [1.82, 2.24) is 0 Å². The molecule has 3 nitrogen and oxygen atoms in total. The summed E-state index contributed by atoms with van der Waals surface area (Å²) in [5.41, 5.74) is 13.7. The third-order valence-corrected chi connectivity index (χ3v) is 2.46. The largest absolute Gasteiger partial charge is 0.399 e. The van der Waals surface area contributed by atoms with Crippen LogP contribution in [0.15, 0.2) is 18.2 Å². The van der Waals surface area contributed by atoms with Crippen LogP contribution in [0.5, 0.6) is 0 Å². The van der Waals surface area contributed by atoms with Crippen molar-refractivity contribution in [2.45, 2.75) is 18.9 Å². The summed E-state index contributed by atoms with van der Waals surface area (Å²) >= 11 is 0. The zero-order valence-corrected chi connectivity index (χ0v) is 7.29. The van der Waals surface area contributed by atoms with Crippen LogP contribution in [0.4, 0.5) is 5.69 Å². The predicted molar refractivity (Wildman–Crippen MR) is 51.3 cm³/mol. The van der Waals surface area contributed by atoms with Gasteiger partial charge in [0.2, 0.25) is 0 Å². The third kappa shape index (κ3) is 1.31. The van der Waals surface area contributed by atoms with Crippen molar-refractivity contribution in [3.05, 3.63) is 29.3 Å². The number of anilines is 1. The van der Waals surface area contributed by atoms with Gasteiger partial charge in [-0.2, -0.15) is 0 Å². The lowest BCUT2D eigenvalue weighted by Gasteiger charge is -2.21. The number of nitrogen functional groups attached to an aromatic ring is 1.